The zero-order chi connectivity index (χ0) is 19.2. The van der Waals surface area contributed by atoms with Crippen LogP contribution < -0.4 is 14.8 Å². The summed E-state index contributed by atoms with van der Waals surface area (Å²) < 4.78 is 11.7. The zero-order valence-electron chi connectivity index (χ0n) is 15.1. The molecule has 1 aromatic heterocycles. The summed E-state index contributed by atoms with van der Waals surface area (Å²) in [5.41, 5.74) is 1.53. The number of nitrogens with one attached hydrogen (secondary N) is 1. The van der Waals surface area contributed by atoms with Crippen molar-refractivity contribution in [3.05, 3.63) is 80.5 Å². The fraction of sp³-hybridized carbons (Fsp3) is 0.190. The zero-order valence-corrected chi connectivity index (χ0v) is 17.5. The average Bonchev–Trinajstić information content (AvgIpc) is 3.22. The summed E-state index contributed by atoms with van der Waals surface area (Å²) in [5, 5.41) is 5.14. The first-order chi connectivity index (χ1) is 13.1. The molecule has 1 heterocycles. The maximum Gasteiger partial charge on any atom is 0.252 e. The smallest absolute Gasteiger partial charge is 0.252 e. The third-order valence-corrected chi connectivity index (χ3v) is 5.54. The Morgan fingerprint density at radius 2 is 1.96 bits per heavy atom. The van der Waals surface area contributed by atoms with Gasteiger partial charge in [-0.2, -0.15) is 0 Å². The van der Waals surface area contributed by atoms with Gasteiger partial charge in [0, 0.05) is 10.4 Å². The van der Waals surface area contributed by atoms with E-state index < -0.39 is 0 Å². The molecule has 0 spiro atoms. The summed E-state index contributed by atoms with van der Waals surface area (Å²) in [7, 11) is 1.56. The number of ether oxygens (including phenoxy) is 2. The monoisotopic (exact) mass is 445 g/mol. The van der Waals surface area contributed by atoms with Crippen molar-refractivity contribution in [3.63, 3.8) is 0 Å². The van der Waals surface area contributed by atoms with Gasteiger partial charge in [0.2, 0.25) is 0 Å². The lowest BCUT2D eigenvalue weighted by atomic mass is 10.0. The first-order valence-electron chi connectivity index (χ1n) is 8.53. The van der Waals surface area contributed by atoms with E-state index in [9.17, 15) is 4.79 Å². The minimum Gasteiger partial charge on any atom is -0.493 e. The number of thiophene rings is 1. The first kappa shape index (κ1) is 19.5. The second-order valence-electron chi connectivity index (χ2n) is 5.76. The van der Waals surface area contributed by atoms with Gasteiger partial charge < -0.3 is 14.8 Å². The molecule has 0 aliphatic carbocycles. The van der Waals surface area contributed by atoms with E-state index in [0.29, 0.717) is 28.1 Å². The minimum atomic E-state index is -0.213. The Labute approximate surface area is 171 Å². The fourth-order valence-corrected chi connectivity index (χ4v) is 4.13. The van der Waals surface area contributed by atoms with Crippen molar-refractivity contribution < 1.29 is 14.3 Å². The molecule has 1 N–H and O–H groups in total. The lowest BCUT2D eigenvalue weighted by Crippen LogP contribution is -2.28. The Bertz CT molecular complexity index is 897. The number of halogens is 1. The number of hydrogen-bond acceptors (Lipinski definition) is 4. The van der Waals surface area contributed by atoms with Crippen molar-refractivity contribution in [2.75, 3.05) is 13.7 Å². The Kier molecular flexibility index (Phi) is 6.53. The van der Waals surface area contributed by atoms with Gasteiger partial charge in [0.05, 0.1) is 24.2 Å². The largest absolute Gasteiger partial charge is 0.493 e. The first-order valence-corrected chi connectivity index (χ1v) is 10.2. The SMILES string of the molecule is CCOc1c(Br)cc(C(=O)NC(c2ccccc2)c2cccs2)cc1OC. The highest BCUT2D eigenvalue weighted by Crippen LogP contribution is 2.37. The van der Waals surface area contributed by atoms with Gasteiger partial charge in [-0.25, -0.2) is 0 Å². The van der Waals surface area contributed by atoms with E-state index >= 15 is 0 Å². The van der Waals surface area contributed by atoms with Crippen LogP contribution in [-0.4, -0.2) is 19.6 Å². The molecule has 1 unspecified atom stereocenters. The molecular weight excluding hydrogens is 426 g/mol. The summed E-state index contributed by atoms with van der Waals surface area (Å²) >= 11 is 5.09. The van der Waals surface area contributed by atoms with Gasteiger partial charge in [-0.3, -0.25) is 4.79 Å². The van der Waals surface area contributed by atoms with Crippen LogP contribution >= 0.6 is 27.3 Å². The van der Waals surface area contributed by atoms with E-state index in [-0.39, 0.29) is 11.9 Å². The maximum absolute atomic E-state index is 13.0. The lowest BCUT2D eigenvalue weighted by Gasteiger charge is -2.19. The molecule has 3 rings (SSSR count). The van der Waals surface area contributed by atoms with Crippen molar-refractivity contribution in [2.24, 2.45) is 0 Å². The molecule has 4 nitrogen and oxygen atoms in total. The molecule has 0 radical (unpaired) electrons. The highest BCUT2D eigenvalue weighted by molar-refractivity contribution is 9.10. The standard InChI is InChI=1S/C21H20BrNO3S/c1-3-26-20-16(22)12-15(13-17(20)25-2)21(24)23-19(18-10-7-11-27-18)14-8-5-4-6-9-14/h4-13,19H,3H2,1-2H3,(H,23,24). The van der Waals surface area contributed by atoms with Gasteiger partial charge in [-0.1, -0.05) is 36.4 Å². The second kappa shape index (κ2) is 9.06. The van der Waals surface area contributed by atoms with E-state index in [2.05, 4.69) is 21.2 Å². The van der Waals surface area contributed by atoms with E-state index in [0.717, 1.165) is 10.4 Å². The third-order valence-electron chi connectivity index (χ3n) is 4.02. The molecule has 0 aliphatic heterocycles. The van der Waals surface area contributed by atoms with Gasteiger partial charge in [-0.05, 0) is 52.0 Å². The molecule has 0 fully saturated rings. The van der Waals surface area contributed by atoms with Crippen molar-refractivity contribution in [3.8, 4) is 11.5 Å². The van der Waals surface area contributed by atoms with E-state index in [4.69, 9.17) is 9.47 Å². The number of amides is 1. The van der Waals surface area contributed by atoms with Crippen LogP contribution in [0.25, 0.3) is 0 Å². The summed E-state index contributed by atoms with van der Waals surface area (Å²) in [5.74, 6) is 0.928. The van der Waals surface area contributed by atoms with Crippen LogP contribution in [0.4, 0.5) is 0 Å². The molecule has 0 bridgehead atoms. The maximum atomic E-state index is 13.0. The van der Waals surface area contributed by atoms with Crippen LogP contribution in [-0.2, 0) is 0 Å². The summed E-state index contributed by atoms with van der Waals surface area (Å²) in [6.07, 6.45) is 0. The molecule has 3 aromatic rings. The Balaban J connectivity index is 1.91. The Hall–Kier alpha value is -2.31. The van der Waals surface area contributed by atoms with Crippen LogP contribution in [0.1, 0.15) is 33.8 Å². The fourth-order valence-electron chi connectivity index (χ4n) is 2.77. The van der Waals surface area contributed by atoms with Crippen molar-refractivity contribution in [1.29, 1.82) is 0 Å². The number of hydrogen-bond donors (Lipinski definition) is 1. The predicted molar refractivity (Wildman–Crippen MR) is 112 cm³/mol. The molecule has 0 saturated heterocycles. The number of methoxy groups -OCH3 is 1. The lowest BCUT2D eigenvalue weighted by molar-refractivity contribution is 0.0943. The topological polar surface area (TPSA) is 47.6 Å². The van der Waals surface area contributed by atoms with E-state index in [1.807, 2.05) is 54.8 Å². The van der Waals surface area contributed by atoms with E-state index in [1.165, 1.54) is 0 Å². The minimum absolute atomic E-state index is 0.181. The normalized spacial score (nSPS) is 11.7. The van der Waals surface area contributed by atoms with Crippen molar-refractivity contribution in [2.45, 2.75) is 13.0 Å². The molecule has 2 aromatic carbocycles. The summed E-state index contributed by atoms with van der Waals surface area (Å²) in [6, 6.07) is 17.2. The van der Waals surface area contributed by atoms with Crippen LogP contribution in [0, 0.1) is 0 Å². The number of rotatable bonds is 7. The molecule has 140 valence electrons. The van der Waals surface area contributed by atoms with Gasteiger partial charge in [0.25, 0.3) is 5.91 Å². The second-order valence-corrected chi connectivity index (χ2v) is 7.59. The van der Waals surface area contributed by atoms with Gasteiger partial charge in [0.15, 0.2) is 11.5 Å². The predicted octanol–water partition coefficient (Wildman–Crippen LogP) is 5.44. The van der Waals surface area contributed by atoms with Gasteiger partial charge in [-0.15, -0.1) is 11.3 Å². The van der Waals surface area contributed by atoms with Crippen LogP contribution in [0.2, 0.25) is 0 Å². The molecule has 6 heteroatoms. The molecule has 27 heavy (non-hydrogen) atoms. The van der Waals surface area contributed by atoms with Gasteiger partial charge >= 0.3 is 0 Å². The van der Waals surface area contributed by atoms with E-state index in [1.54, 1.807) is 30.6 Å². The summed E-state index contributed by atoms with van der Waals surface area (Å²) in [4.78, 5) is 14.1. The van der Waals surface area contributed by atoms with Crippen LogP contribution in [0.3, 0.4) is 0 Å². The molecule has 1 amide bonds. The quantitative estimate of drug-likeness (QED) is 0.526. The van der Waals surface area contributed by atoms with Gasteiger partial charge in [0.1, 0.15) is 0 Å². The highest BCUT2D eigenvalue weighted by Gasteiger charge is 2.21. The molecule has 0 aliphatic rings. The number of benzene rings is 2. The molecule has 0 saturated carbocycles. The number of carbonyl (C=O) groups excluding carboxylic acids is 1. The van der Waals surface area contributed by atoms with Crippen LogP contribution in [0.15, 0.2) is 64.5 Å². The van der Waals surface area contributed by atoms with Crippen molar-refractivity contribution in [1.82, 2.24) is 5.32 Å². The average molecular weight is 446 g/mol. The van der Waals surface area contributed by atoms with Crippen molar-refractivity contribution >= 4 is 33.2 Å². The molecular formula is C21H20BrNO3S. The molecule has 1 atom stereocenters. The third kappa shape index (κ3) is 4.51. The Morgan fingerprint density at radius 3 is 2.59 bits per heavy atom. The van der Waals surface area contributed by atoms with Crippen LogP contribution in [0.5, 0.6) is 11.5 Å². The Morgan fingerprint density at radius 1 is 1.19 bits per heavy atom. The summed E-state index contributed by atoms with van der Waals surface area (Å²) in [6.45, 7) is 2.41. The number of carbonyl (C=O) groups is 1. The highest BCUT2D eigenvalue weighted by atomic mass is 79.9.